The molecule has 1 aromatic heterocycles. The first kappa shape index (κ1) is 12.6. The zero-order valence-electron chi connectivity index (χ0n) is 9.48. The molecule has 0 unspecified atom stereocenters. The highest BCUT2D eigenvalue weighted by Gasteiger charge is 2.14. The summed E-state index contributed by atoms with van der Waals surface area (Å²) in [6, 6.07) is 0. The summed E-state index contributed by atoms with van der Waals surface area (Å²) in [6.45, 7) is 3.70. The van der Waals surface area contributed by atoms with Gasteiger partial charge in [-0.15, -0.1) is 11.3 Å². The number of hydrogen-bond acceptors (Lipinski definition) is 5. The van der Waals surface area contributed by atoms with Gasteiger partial charge in [-0.3, -0.25) is 9.59 Å². The monoisotopic (exact) mass is 242 g/mol. The summed E-state index contributed by atoms with van der Waals surface area (Å²) in [5.74, 6) is -0.904. The summed E-state index contributed by atoms with van der Waals surface area (Å²) in [5.41, 5.74) is 0.474. The maximum atomic E-state index is 11.2. The van der Waals surface area contributed by atoms with Crippen molar-refractivity contribution in [2.24, 2.45) is 0 Å². The van der Waals surface area contributed by atoms with E-state index in [2.05, 4.69) is 4.98 Å². The van der Waals surface area contributed by atoms with Crippen LogP contribution in [-0.4, -0.2) is 35.4 Å². The third-order valence-corrected chi connectivity index (χ3v) is 3.19. The number of nitrogens with zero attached hydrogens (tertiary/aromatic N) is 2. The molecule has 1 heterocycles. The lowest BCUT2D eigenvalue weighted by Crippen LogP contribution is -2.20. The zero-order chi connectivity index (χ0) is 12.3. The molecule has 0 spiro atoms. The van der Waals surface area contributed by atoms with Crippen LogP contribution in [0.5, 0.6) is 0 Å². The predicted molar refractivity (Wildman–Crippen MR) is 62.4 cm³/mol. The second kappa shape index (κ2) is 5.07. The van der Waals surface area contributed by atoms with Gasteiger partial charge in [0.05, 0.1) is 6.42 Å². The van der Waals surface area contributed by atoms with Crippen LogP contribution in [0.1, 0.15) is 28.7 Å². The minimum Gasteiger partial charge on any atom is -0.481 e. The van der Waals surface area contributed by atoms with Crippen LogP contribution in [0.4, 0.5) is 5.13 Å². The number of carboxylic acid groups (broad SMARTS) is 1. The summed E-state index contributed by atoms with van der Waals surface area (Å²) in [4.78, 5) is 28.4. The van der Waals surface area contributed by atoms with Crippen LogP contribution in [0.15, 0.2) is 0 Å². The molecule has 0 aliphatic carbocycles. The fourth-order valence-electron chi connectivity index (χ4n) is 1.23. The molecule has 6 heteroatoms. The van der Waals surface area contributed by atoms with Gasteiger partial charge in [-0.05, 0) is 6.92 Å². The first-order valence-electron chi connectivity index (χ1n) is 4.83. The number of ketones is 1. The van der Waals surface area contributed by atoms with Crippen molar-refractivity contribution >= 4 is 28.2 Å². The molecule has 0 aliphatic rings. The van der Waals surface area contributed by atoms with Crippen LogP contribution < -0.4 is 4.90 Å². The van der Waals surface area contributed by atoms with Gasteiger partial charge in [-0.25, -0.2) is 4.98 Å². The van der Waals surface area contributed by atoms with Crippen molar-refractivity contribution in [3.8, 4) is 0 Å². The van der Waals surface area contributed by atoms with Crippen LogP contribution in [0.3, 0.4) is 0 Å². The van der Waals surface area contributed by atoms with Crippen molar-refractivity contribution in [3.63, 3.8) is 0 Å². The van der Waals surface area contributed by atoms with E-state index in [0.29, 0.717) is 17.4 Å². The lowest BCUT2D eigenvalue weighted by Gasteiger charge is -2.13. The molecule has 0 atom stereocenters. The predicted octanol–water partition coefficient (Wildman–Crippen LogP) is 1.57. The molecule has 0 fully saturated rings. The van der Waals surface area contributed by atoms with Crippen LogP contribution >= 0.6 is 11.3 Å². The van der Waals surface area contributed by atoms with E-state index in [1.807, 2.05) is 6.92 Å². The highest BCUT2D eigenvalue weighted by atomic mass is 32.1. The molecule has 16 heavy (non-hydrogen) atoms. The van der Waals surface area contributed by atoms with Gasteiger partial charge in [0.15, 0.2) is 10.9 Å². The van der Waals surface area contributed by atoms with Gasteiger partial charge in [-0.2, -0.15) is 0 Å². The fraction of sp³-hybridized carbons (Fsp3) is 0.500. The Kier molecular flexibility index (Phi) is 4.00. The molecule has 1 N–H and O–H groups in total. The van der Waals surface area contributed by atoms with Crippen LogP contribution in [0.2, 0.25) is 0 Å². The molecule has 0 aliphatic heterocycles. The second-order valence-electron chi connectivity index (χ2n) is 3.52. The molecule has 1 aromatic rings. The van der Waals surface area contributed by atoms with E-state index in [1.54, 1.807) is 11.9 Å². The Morgan fingerprint density at radius 3 is 2.56 bits per heavy atom. The Balaban J connectivity index is 2.76. The Morgan fingerprint density at radius 1 is 1.50 bits per heavy atom. The standard InChI is InChI=1S/C10H14N2O3S/c1-6(13)9-7(2)16-10(11-9)12(3)5-4-8(14)15/h4-5H2,1-3H3,(H,14,15). The highest BCUT2D eigenvalue weighted by Crippen LogP contribution is 2.25. The molecule has 0 saturated heterocycles. The number of rotatable bonds is 5. The van der Waals surface area contributed by atoms with E-state index in [-0.39, 0.29) is 12.2 Å². The summed E-state index contributed by atoms with van der Waals surface area (Å²) < 4.78 is 0. The van der Waals surface area contributed by atoms with E-state index >= 15 is 0 Å². The van der Waals surface area contributed by atoms with Gasteiger partial charge in [0, 0.05) is 25.4 Å². The Labute approximate surface area is 97.7 Å². The van der Waals surface area contributed by atoms with Crippen molar-refractivity contribution < 1.29 is 14.7 Å². The minimum atomic E-state index is -0.841. The van der Waals surface area contributed by atoms with E-state index < -0.39 is 5.97 Å². The van der Waals surface area contributed by atoms with Crippen molar-refractivity contribution in [1.82, 2.24) is 4.98 Å². The van der Waals surface area contributed by atoms with E-state index in [9.17, 15) is 9.59 Å². The van der Waals surface area contributed by atoms with Gasteiger partial charge in [0.2, 0.25) is 0 Å². The third kappa shape index (κ3) is 3.03. The number of Topliss-reactive ketones (excluding diaryl/α,β-unsaturated/α-hetero) is 1. The molecular weight excluding hydrogens is 228 g/mol. The van der Waals surface area contributed by atoms with Gasteiger partial charge >= 0.3 is 5.97 Å². The average molecular weight is 242 g/mol. The molecule has 88 valence electrons. The molecule has 0 radical (unpaired) electrons. The number of aryl methyl sites for hydroxylation is 1. The van der Waals surface area contributed by atoms with Crippen LogP contribution in [-0.2, 0) is 4.79 Å². The number of hydrogen-bond donors (Lipinski definition) is 1. The maximum absolute atomic E-state index is 11.2. The van der Waals surface area contributed by atoms with E-state index in [4.69, 9.17) is 5.11 Å². The lowest BCUT2D eigenvalue weighted by molar-refractivity contribution is -0.136. The number of aromatic nitrogens is 1. The third-order valence-electron chi connectivity index (χ3n) is 2.11. The van der Waals surface area contributed by atoms with Crippen molar-refractivity contribution in [2.75, 3.05) is 18.5 Å². The van der Waals surface area contributed by atoms with Gasteiger partial charge in [-0.1, -0.05) is 0 Å². The zero-order valence-corrected chi connectivity index (χ0v) is 10.3. The van der Waals surface area contributed by atoms with Crippen molar-refractivity contribution in [2.45, 2.75) is 20.3 Å². The van der Waals surface area contributed by atoms with Gasteiger partial charge < -0.3 is 10.0 Å². The summed E-state index contributed by atoms with van der Waals surface area (Å²) in [5, 5.41) is 9.24. The highest BCUT2D eigenvalue weighted by molar-refractivity contribution is 7.15. The average Bonchev–Trinajstić information content (AvgIpc) is 2.56. The first-order valence-corrected chi connectivity index (χ1v) is 5.64. The maximum Gasteiger partial charge on any atom is 0.305 e. The van der Waals surface area contributed by atoms with Crippen LogP contribution in [0.25, 0.3) is 0 Å². The number of thiazole rings is 1. The molecule has 0 aromatic carbocycles. The van der Waals surface area contributed by atoms with Gasteiger partial charge in [0.25, 0.3) is 0 Å². The normalized spacial score (nSPS) is 10.2. The Bertz CT molecular complexity index is 414. The summed E-state index contributed by atoms with van der Waals surface area (Å²) in [6.07, 6.45) is 0.0601. The number of carbonyl (C=O) groups is 2. The number of aliphatic carboxylic acids is 1. The van der Waals surface area contributed by atoms with Gasteiger partial charge in [0.1, 0.15) is 5.69 Å². The van der Waals surface area contributed by atoms with E-state index in [0.717, 1.165) is 4.88 Å². The molecule has 1 rings (SSSR count). The minimum absolute atomic E-state index is 0.0601. The Morgan fingerprint density at radius 2 is 2.12 bits per heavy atom. The second-order valence-corrected chi connectivity index (χ2v) is 4.70. The Hall–Kier alpha value is -1.43. The smallest absolute Gasteiger partial charge is 0.305 e. The van der Waals surface area contributed by atoms with Crippen molar-refractivity contribution in [1.29, 1.82) is 0 Å². The largest absolute Gasteiger partial charge is 0.481 e. The van der Waals surface area contributed by atoms with Crippen LogP contribution in [0, 0.1) is 6.92 Å². The first-order chi connectivity index (χ1) is 7.41. The SMILES string of the molecule is CC(=O)c1nc(N(C)CCC(=O)O)sc1C. The molecule has 0 amide bonds. The lowest BCUT2D eigenvalue weighted by atomic mass is 10.3. The number of carbonyl (C=O) groups excluding carboxylic acids is 1. The van der Waals surface area contributed by atoms with Crippen molar-refractivity contribution in [3.05, 3.63) is 10.6 Å². The molecule has 0 saturated carbocycles. The molecule has 0 bridgehead atoms. The summed E-state index contributed by atoms with van der Waals surface area (Å²) >= 11 is 1.40. The summed E-state index contributed by atoms with van der Waals surface area (Å²) in [7, 11) is 1.77. The quantitative estimate of drug-likeness (QED) is 0.793. The molecular formula is C10H14N2O3S. The topological polar surface area (TPSA) is 70.5 Å². The number of anilines is 1. The van der Waals surface area contributed by atoms with E-state index in [1.165, 1.54) is 18.3 Å². The molecule has 5 nitrogen and oxygen atoms in total. The number of carboxylic acids is 1. The fourth-order valence-corrected chi connectivity index (χ4v) is 2.18.